The van der Waals surface area contributed by atoms with Gasteiger partial charge >= 0.3 is 0 Å². The van der Waals surface area contributed by atoms with Gasteiger partial charge in [-0.1, -0.05) is 23.4 Å². The first-order valence-corrected chi connectivity index (χ1v) is 6.55. The summed E-state index contributed by atoms with van der Waals surface area (Å²) >= 11 is 0. The van der Waals surface area contributed by atoms with Crippen LogP contribution in [0.25, 0.3) is 11.3 Å². The summed E-state index contributed by atoms with van der Waals surface area (Å²) in [6, 6.07) is 7.88. The number of aldehydes is 1. The van der Waals surface area contributed by atoms with Gasteiger partial charge in [-0.15, -0.1) is 5.10 Å². The minimum absolute atomic E-state index is 0.339. The lowest BCUT2D eigenvalue weighted by Gasteiger charge is -2.24. The van der Waals surface area contributed by atoms with Gasteiger partial charge in [0.15, 0.2) is 0 Å². The summed E-state index contributed by atoms with van der Waals surface area (Å²) in [7, 11) is 0. The van der Waals surface area contributed by atoms with E-state index >= 15 is 0 Å². The predicted molar refractivity (Wildman–Crippen MR) is 72.0 cm³/mol. The second-order valence-corrected chi connectivity index (χ2v) is 4.81. The number of carbonyl (C=O) groups is 1. The number of nitrogens with one attached hydrogen (secondary N) is 1. The van der Waals surface area contributed by atoms with Crippen LogP contribution in [0.15, 0.2) is 30.5 Å². The highest BCUT2D eigenvalue weighted by Gasteiger charge is 2.19. The molecule has 1 atom stereocenters. The average Bonchev–Trinajstić information content (AvgIpc) is 2.98. The van der Waals surface area contributed by atoms with Gasteiger partial charge in [-0.25, -0.2) is 4.68 Å². The Morgan fingerprint density at radius 2 is 2.37 bits per heavy atom. The van der Waals surface area contributed by atoms with E-state index in [9.17, 15) is 4.79 Å². The van der Waals surface area contributed by atoms with Gasteiger partial charge in [0.05, 0.1) is 17.9 Å². The van der Waals surface area contributed by atoms with Gasteiger partial charge in [-0.05, 0) is 25.5 Å². The number of aromatic nitrogens is 3. The first kappa shape index (κ1) is 12.0. The van der Waals surface area contributed by atoms with Crippen LogP contribution in [0, 0.1) is 0 Å². The van der Waals surface area contributed by atoms with Crippen molar-refractivity contribution in [2.75, 3.05) is 13.1 Å². The summed E-state index contributed by atoms with van der Waals surface area (Å²) in [6.07, 6.45) is 4.88. The fraction of sp³-hybridized carbons (Fsp3) is 0.357. The van der Waals surface area contributed by atoms with Crippen molar-refractivity contribution in [2.45, 2.75) is 18.9 Å². The summed E-state index contributed by atoms with van der Waals surface area (Å²) < 4.78 is 1.97. The zero-order chi connectivity index (χ0) is 13.1. The van der Waals surface area contributed by atoms with E-state index in [-0.39, 0.29) is 0 Å². The number of hydrogen-bond acceptors (Lipinski definition) is 4. The van der Waals surface area contributed by atoms with Gasteiger partial charge in [0.25, 0.3) is 0 Å². The molecule has 1 aliphatic heterocycles. The van der Waals surface area contributed by atoms with Gasteiger partial charge < -0.3 is 5.32 Å². The molecule has 1 unspecified atom stereocenters. The van der Waals surface area contributed by atoms with E-state index < -0.39 is 0 Å². The highest BCUT2D eigenvalue weighted by molar-refractivity contribution is 5.78. The Labute approximate surface area is 111 Å². The third-order valence-electron chi connectivity index (χ3n) is 3.51. The second kappa shape index (κ2) is 5.32. The molecule has 0 radical (unpaired) electrons. The average molecular weight is 256 g/mol. The molecule has 1 saturated heterocycles. The molecule has 1 N–H and O–H groups in total. The maximum absolute atomic E-state index is 10.9. The van der Waals surface area contributed by atoms with Crippen molar-refractivity contribution in [3.63, 3.8) is 0 Å². The molecule has 0 saturated carbocycles. The molecule has 0 aliphatic carbocycles. The molecule has 98 valence electrons. The zero-order valence-electron chi connectivity index (χ0n) is 10.6. The SMILES string of the molecule is O=Cc1cccc(-c2cnnn2C2CCCNC2)c1. The van der Waals surface area contributed by atoms with Gasteiger partial charge in [0, 0.05) is 17.7 Å². The molecule has 0 bridgehead atoms. The Morgan fingerprint density at radius 1 is 1.42 bits per heavy atom. The molecule has 5 heteroatoms. The summed E-state index contributed by atoms with van der Waals surface area (Å²) in [5.74, 6) is 0. The van der Waals surface area contributed by atoms with E-state index in [4.69, 9.17) is 0 Å². The minimum atomic E-state index is 0.339. The Morgan fingerprint density at radius 3 is 3.16 bits per heavy atom. The number of carbonyl (C=O) groups excluding carboxylic acids is 1. The molecule has 1 fully saturated rings. The Kier molecular flexibility index (Phi) is 3.37. The maximum atomic E-state index is 10.9. The van der Waals surface area contributed by atoms with Crippen LogP contribution in [-0.4, -0.2) is 34.4 Å². The van der Waals surface area contributed by atoms with Crippen molar-refractivity contribution in [3.05, 3.63) is 36.0 Å². The standard InChI is InChI=1S/C14H16N4O/c19-10-11-3-1-4-12(7-11)14-9-16-17-18(14)13-5-2-6-15-8-13/h1,3-4,7,9-10,13,15H,2,5-6,8H2. The van der Waals surface area contributed by atoms with E-state index in [1.807, 2.05) is 22.9 Å². The zero-order valence-corrected chi connectivity index (χ0v) is 10.6. The van der Waals surface area contributed by atoms with Crippen LogP contribution in [0.2, 0.25) is 0 Å². The van der Waals surface area contributed by atoms with Crippen molar-refractivity contribution in [1.82, 2.24) is 20.3 Å². The van der Waals surface area contributed by atoms with Crippen LogP contribution >= 0.6 is 0 Å². The number of rotatable bonds is 3. The lowest BCUT2D eigenvalue weighted by atomic mass is 10.1. The fourth-order valence-electron chi connectivity index (χ4n) is 2.53. The maximum Gasteiger partial charge on any atom is 0.150 e. The van der Waals surface area contributed by atoms with Crippen molar-refractivity contribution < 1.29 is 4.79 Å². The molecule has 19 heavy (non-hydrogen) atoms. The Hall–Kier alpha value is -2.01. The molecular weight excluding hydrogens is 240 g/mol. The van der Waals surface area contributed by atoms with E-state index in [1.165, 1.54) is 0 Å². The Bertz CT molecular complexity index is 572. The molecule has 2 aromatic rings. The quantitative estimate of drug-likeness (QED) is 0.849. The van der Waals surface area contributed by atoms with Gasteiger partial charge in [-0.3, -0.25) is 4.79 Å². The van der Waals surface area contributed by atoms with E-state index in [0.29, 0.717) is 11.6 Å². The molecule has 1 aliphatic rings. The van der Waals surface area contributed by atoms with Crippen LogP contribution in [-0.2, 0) is 0 Å². The number of piperidine rings is 1. The van der Waals surface area contributed by atoms with Crippen molar-refractivity contribution in [3.8, 4) is 11.3 Å². The van der Waals surface area contributed by atoms with Crippen molar-refractivity contribution >= 4 is 6.29 Å². The molecule has 3 rings (SSSR count). The van der Waals surface area contributed by atoms with E-state index in [1.54, 1.807) is 12.3 Å². The second-order valence-electron chi connectivity index (χ2n) is 4.81. The topological polar surface area (TPSA) is 59.8 Å². The molecule has 1 aromatic carbocycles. The molecule has 0 spiro atoms. The number of nitrogens with zero attached hydrogens (tertiary/aromatic N) is 3. The van der Waals surface area contributed by atoms with Crippen LogP contribution in [0.1, 0.15) is 29.2 Å². The third kappa shape index (κ3) is 2.42. The van der Waals surface area contributed by atoms with Crippen LogP contribution in [0.5, 0.6) is 0 Å². The third-order valence-corrected chi connectivity index (χ3v) is 3.51. The smallest absolute Gasteiger partial charge is 0.150 e. The minimum Gasteiger partial charge on any atom is -0.315 e. The van der Waals surface area contributed by atoms with Crippen molar-refractivity contribution in [2.24, 2.45) is 0 Å². The molecule has 0 amide bonds. The van der Waals surface area contributed by atoms with Crippen molar-refractivity contribution in [1.29, 1.82) is 0 Å². The predicted octanol–water partition coefficient (Wildman–Crippen LogP) is 1.68. The van der Waals surface area contributed by atoms with Crippen LogP contribution in [0.4, 0.5) is 0 Å². The summed E-state index contributed by atoms with van der Waals surface area (Å²) in [5.41, 5.74) is 2.63. The number of hydrogen-bond donors (Lipinski definition) is 1. The monoisotopic (exact) mass is 256 g/mol. The van der Waals surface area contributed by atoms with Crippen LogP contribution < -0.4 is 5.32 Å². The summed E-state index contributed by atoms with van der Waals surface area (Å²) in [4.78, 5) is 10.9. The first-order chi connectivity index (χ1) is 9.38. The lowest BCUT2D eigenvalue weighted by molar-refractivity contribution is 0.112. The van der Waals surface area contributed by atoms with E-state index in [0.717, 1.165) is 43.5 Å². The Balaban J connectivity index is 1.96. The van der Waals surface area contributed by atoms with Crippen LogP contribution in [0.3, 0.4) is 0 Å². The van der Waals surface area contributed by atoms with Gasteiger partial charge in [0.1, 0.15) is 6.29 Å². The van der Waals surface area contributed by atoms with E-state index in [2.05, 4.69) is 15.6 Å². The summed E-state index contributed by atoms with van der Waals surface area (Å²) in [5, 5.41) is 11.6. The highest BCUT2D eigenvalue weighted by atomic mass is 16.1. The first-order valence-electron chi connectivity index (χ1n) is 6.55. The molecule has 1 aromatic heterocycles. The number of benzene rings is 1. The largest absolute Gasteiger partial charge is 0.315 e. The molecular formula is C14H16N4O. The van der Waals surface area contributed by atoms with Gasteiger partial charge in [-0.2, -0.15) is 0 Å². The highest BCUT2D eigenvalue weighted by Crippen LogP contribution is 2.24. The summed E-state index contributed by atoms with van der Waals surface area (Å²) in [6.45, 7) is 1.99. The lowest BCUT2D eigenvalue weighted by Crippen LogP contribution is -2.32. The fourth-order valence-corrected chi connectivity index (χ4v) is 2.53. The van der Waals surface area contributed by atoms with Gasteiger partial charge in [0.2, 0.25) is 0 Å². The normalized spacial score (nSPS) is 19.3. The molecule has 5 nitrogen and oxygen atoms in total. The molecule has 2 heterocycles.